The molecule has 0 atom stereocenters. The molecule has 13 heavy (non-hydrogen) atoms. The minimum Gasteiger partial charge on any atom is -0.293 e. The molecule has 1 aliphatic rings. The lowest BCUT2D eigenvalue weighted by atomic mass is 9.74. The van der Waals surface area contributed by atoms with E-state index in [1.165, 1.54) is 19.4 Å². The van der Waals surface area contributed by atoms with E-state index in [4.69, 9.17) is 0 Å². The van der Waals surface area contributed by atoms with Crippen molar-refractivity contribution in [1.82, 2.24) is 4.90 Å². The van der Waals surface area contributed by atoms with E-state index in [0.29, 0.717) is 11.1 Å². The van der Waals surface area contributed by atoms with E-state index < -0.39 is 0 Å². The van der Waals surface area contributed by atoms with Crippen molar-refractivity contribution in [2.75, 3.05) is 6.54 Å². The average Bonchev–Trinajstić information content (AvgIpc) is 1.79. The minimum atomic E-state index is 0.385. The lowest BCUT2D eigenvalue weighted by Gasteiger charge is -2.54. The van der Waals surface area contributed by atoms with Gasteiger partial charge in [-0.15, -0.1) is 0 Å². The first kappa shape index (κ1) is 11.0. The molecule has 78 valence electrons. The quantitative estimate of drug-likeness (QED) is 0.603. The molecule has 1 rings (SSSR count). The molecule has 0 amide bonds. The maximum atomic E-state index is 2.65. The van der Waals surface area contributed by atoms with Crippen LogP contribution in [0.1, 0.15) is 54.4 Å². The summed E-state index contributed by atoms with van der Waals surface area (Å²) >= 11 is 0. The molecule has 1 saturated heterocycles. The lowest BCUT2D eigenvalue weighted by Crippen LogP contribution is -2.60. The summed E-state index contributed by atoms with van der Waals surface area (Å²) < 4.78 is 0. The SMILES string of the molecule is CCN1C(C)(C)CC(C)CC1(C)C. The van der Waals surface area contributed by atoms with Gasteiger partial charge in [-0.1, -0.05) is 13.8 Å². The first-order chi connectivity index (χ1) is 5.79. The number of rotatable bonds is 1. The maximum Gasteiger partial charge on any atom is 0.0160 e. The van der Waals surface area contributed by atoms with Gasteiger partial charge in [-0.05, 0) is 53.0 Å². The number of hydrogen-bond donors (Lipinski definition) is 0. The van der Waals surface area contributed by atoms with E-state index >= 15 is 0 Å². The van der Waals surface area contributed by atoms with Crippen LogP contribution in [-0.2, 0) is 0 Å². The second kappa shape index (κ2) is 3.27. The zero-order valence-corrected chi connectivity index (χ0v) is 10.1. The monoisotopic (exact) mass is 183 g/mol. The maximum absolute atomic E-state index is 2.65. The number of hydrogen-bond acceptors (Lipinski definition) is 1. The highest BCUT2D eigenvalue weighted by Crippen LogP contribution is 2.40. The van der Waals surface area contributed by atoms with Crippen LogP contribution in [0, 0.1) is 5.92 Å². The van der Waals surface area contributed by atoms with E-state index in [1.807, 2.05) is 0 Å². The van der Waals surface area contributed by atoms with Crippen molar-refractivity contribution in [3.8, 4) is 0 Å². The van der Waals surface area contributed by atoms with Crippen LogP contribution in [0.2, 0.25) is 0 Å². The zero-order valence-electron chi connectivity index (χ0n) is 10.1. The van der Waals surface area contributed by atoms with Gasteiger partial charge in [0, 0.05) is 11.1 Å². The van der Waals surface area contributed by atoms with Gasteiger partial charge in [0.05, 0.1) is 0 Å². The van der Waals surface area contributed by atoms with E-state index in [-0.39, 0.29) is 0 Å². The van der Waals surface area contributed by atoms with Crippen LogP contribution in [0.25, 0.3) is 0 Å². The topological polar surface area (TPSA) is 3.24 Å². The molecule has 0 aliphatic carbocycles. The average molecular weight is 183 g/mol. The molecule has 0 radical (unpaired) electrons. The zero-order chi connectivity index (χ0) is 10.3. The Balaban J connectivity index is 2.88. The number of likely N-dealkylation sites (tertiary alicyclic amines) is 1. The van der Waals surface area contributed by atoms with Crippen LogP contribution < -0.4 is 0 Å². The Bertz CT molecular complexity index is 164. The Hall–Kier alpha value is -0.0400. The molecule has 1 fully saturated rings. The van der Waals surface area contributed by atoms with Crippen LogP contribution in [0.3, 0.4) is 0 Å². The van der Waals surface area contributed by atoms with Crippen LogP contribution in [0.4, 0.5) is 0 Å². The Kier molecular flexibility index (Phi) is 2.78. The molecule has 0 spiro atoms. The van der Waals surface area contributed by atoms with Gasteiger partial charge in [-0.25, -0.2) is 0 Å². The Labute approximate surface area is 83.5 Å². The summed E-state index contributed by atoms with van der Waals surface area (Å²) in [6, 6.07) is 0. The fourth-order valence-corrected chi connectivity index (χ4v) is 3.67. The Morgan fingerprint density at radius 3 is 1.77 bits per heavy atom. The molecule has 0 aromatic heterocycles. The summed E-state index contributed by atoms with van der Waals surface area (Å²) in [7, 11) is 0. The molecule has 0 N–H and O–H groups in total. The summed E-state index contributed by atoms with van der Waals surface area (Å²) in [4.78, 5) is 2.65. The summed E-state index contributed by atoms with van der Waals surface area (Å²) in [5, 5.41) is 0. The molecular formula is C12H25N. The molecule has 0 aromatic rings. The standard InChI is InChI=1S/C12H25N/c1-7-13-11(3,4)8-10(2)9-12(13,5)6/h10H,7-9H2,1-6H3. The van der Waals surface area contributed by atoms with E-state index in [0.717, 1.165) is 5.92 Å². The predicted molar refractivity (Wildman–Crippen MR) is 58.9 cm³/mol. The third kappa shape index (κ3) is 2.07. The van der Waals surface area contributed by atoms with Crippen LogP contribution in [0.15, 0.2) is 0 Å². The van der Waals surface area contributed by atoms with Crippen molar-refractivity contribution in [2.24, 2.45) is 5.92 Å². The smallest absolute Gasteiger partial charge is 0.0160 e. The molecule has 0 unspecified atom stereocenters. The molecule has 0 aromatic carbocycles. The molecule has 1 aliphatic heterocycles. The normalized spacial score (nSPS) is 29.1. The van der Waals surface area contributed by atoms with Crippen LogP contribution in [-0.4, -0.2) is 22.5 Å². The van der Waals surface area contributed by atoms with Gasteiger partial charge in [0.1, 0.15) is 0 Å². The van der Waals surface area contributed by atoms with Gasteiger partial charge < -0.3 is 0 Å². The van der Waals surface area contributed by atoms with E-state index in [2.05, 4.69) is 46.4 Å². The predicted octanol–water partition coefficient (Wildman–Crippen LogP) is 3.30. The fourth-order valence-electron chi connectivity index (χ4n) is 3.67. The van der Waals surface area contributed by atoms with Crippen molar-refractivity contribution in [3.05, 3.63) is 0 Å². The van der Waals surface area contributed by atoms with Crippen LogP contribution in [0.5, 0.6) is 0 Å². The second-order valence-corrected chi connectivity index (χ2v) is 5.88. The summed E-state index contributed by atoms with van der Waals surface area (Å²) in [5.41, 5.74) is 0.770. The van der Waals surface area contributed by atoms with Gasteiger partial charge in [0.15, 0.2) is 0 Å². The fraction of sp³-hybridized carbons (Fsp3) is 1.00. The van der Waals surface area contributed by atoms with Crippen molar-refractivity contribution in [3.63, 3.8) is 0 Å². The molecule has 1 heterocycles. The molecule has 1 nitrogen and oxygen atoms in total. The molecular weight excluding hydrogens is 158 g/mol. The number of nitrogens with zero attached hydrogens (tertiary/aromatic N) is 1. The third-order valence-corrected chi connectivity index (χ3v) is 3.47. The Morgan fingerprint density at radius 2 is 1.46 bits per heavy atom. The van der Waals surface area contributed by atoms with Crippen molar-refractivity contribution in [1.29, 1.82) is 0 Å². The lowest BCUT2D eigenvalue weighted by molar-refractivity contribution is -0.0433. The van der Waals surface area contributed by atoms with Gasteiger partial charge >= 0.3 is 0 Å². The first-order valence-corrected chi connectivity index (χ1v) is 5.57. The van der Waals surface area contributed by atoms with Gasteiger partial charge in [0.2, 0.25) is 0 Å². The highest BCUT2D eigenvalue weighted by atomic mass is 15.3. The highest BCUT2D eigenvalue weighted by molar-refractivity contribution is 4.98. The highest BCUT2D eigenvalue weighted by Gasteiger charge is 2.42. The minimum absolute atomic E-state index is 0.385. The number of piperidine rings is 1. The summed E-state index contributed by atoms with van der Waals surface area (Å²) in [6.07, 6.45) is 2.68. The van der Waals surface area contributed by atoms with Crippen molar-refractivity contribution >= 4 is 0 Å². The second-order valence-electron chi connectivity index (χ2n) is 5.88. The van der Waals surface area contributed by atoms with E-state index in [1.54, 1.807) is 0 Å². The van der Waals surface area contributed by atoms with Gasteiger partial charge in [-0.3, -0.25) is 4.90 Å². The van der Waals surface area contributed by atoms with Crippen molar-refractivity contribution < 1.29 is 0 Å². The summed E-state index contributed by atoms with van der Waals surface area (Å²) in [5.74, 6) is 0.868. The Morgan fingerprint density at radius 1 is 1.08 bits per heavy atom. The van der Waals surface area contributed by atoms with E-state index in [9.17, 15) is 0 Å². The van der Waals surface area contributed by atoms with Gasteiger partial charge in [-0.2, -0.15) is 0 Å². The molecule has 0 bridgehead atoms. The third-order valence-electron chi connectivity index (χ3n) is 3.47. The molecule has 1 heteroatoms. The largest absolute Gasteiger partial charge is 0.293 e. The summed E-state index contributed by atoms with van der Waals surface area (Å²) in [6.45, 7) is 15.4. The van der Waals surface area contributed by atoms with Crippen molar-refractivity contribution in [2.45, 2.75) is 65.5 Å². The van der Waals surface area contributed by atoms with Crippen LogP contribution >= 0.6 is 0 Å². The molecule has 0 saturated carbocycles. The first-order valence-electron chi connectivity index (χ1n) is 5.57. The van der Waals surface area contributed by atoms with Gasteiger partial charge in [0.25, 0.3) is 0 Å².